The molecular weight excluding hydrogens is 452 g/mol. The Morgan fingerprint density at radius 3 is 2.58 bits per heavy atom. The fourth-order valence-corrected chi connectivity index (χ4v) is 5.74. The average Bonchev–Trinajstić information content (AvgIpc) is 3.29. The van der Waals surface area contributed by atoms with E-state index in [0.29, 0.717) is 10.6 Å². The van der Waals surface area contributed by atoms with Crippen LogP contribution in [0.25, 0.3) is 0 Å². The molecule has 4 aliphatic rings. The third-order valence-electron chi connectivity index (χ3n) is 7.03. The van der Waals surface area contributed by atoms with Gasteiger partial charge in [0.05, 0.1) is 33.9 Å². The second-order valence-corrected chi connectivity index (χ2v) is 8.82. The first-order valence-electron chi connectivity index (χ1n) is 10.3. The van der Waals surface area contributed by atoms with Crippen LogP contribution in [0.5, 0.6) is 0 Å². The Bertz CT molecular complexity index is 1210. The summed E-state index contributed by atoms with van der Waals surface area (Å²) in [6.45, 7) is 1.43. The quantitative estimate of drug-likeness (QED) is 0.477. The van der Waals surface area contributed by atoms with Crippen molar-refractivity contribution >= 4 is 35.2 Å². The lowest BCUT2D eigenvalue weighted by atomic mass is 9.82. The van der Waals surface area contributed by atoms with Crippen molar-refractivity contribution in [1.82, 2.24) is 9.80 Å². The summed E-state index contributed by atoms with van der Waals surface area (Å²) >= 11 is 6.23. The lowest BCUT2D eigenvalue weighted by molar-refractivity contribution is -0.143. The number of ketones is 2. The normalized spacial score (nSPS) is 29.8. The number of rotatable bonds is 4. The number of nitrogens with zero attached hydrogens (tertiary/aromatic N) is 2. The Morgan fingerprint density at radius 1 is 1.24 bits per heavy atom. The molecule has 1 aromatic rings. The van der Waals surface area contributed by atoms with Gasteiger partial charge in [-0.2, -0.15) is 0 Å². The second-order valence-electron chi connectivity index (χ2n) is 8.41. The molecule has 1 aliphatic carbocycles. The van der Waals surface area contributed by atoms with E-state index < -0.39 is 35.3 Å². The Kier molecular flexibility index (Phi) is 4.60. The number of hydrogen-bond donors (Lipinski definition) is 2. The molecule has 3 aliphatic heterocycles. The summed E-state index contributed by atoms with van der Waals surface area (Å²) in [7, 11) is 1.43. The van der Waals surface area contributed by atoms with Crippen LogP contribution in [0.4, 0.5) is 4.79 Å². The van der Waals surface area contributed by atoms with Gasteiger partial charge in [0.15, 0.2) is 5.72 Å². The van der Waals surface area contributed by atoms with E-state index in [9.17, 15) is 19.2 Å². The smallest absolute Gasteiger partial charge is 0.404 e. The minimum absolute atomic E-state index is 0.113. The van der Waals surface area contributed by atoms with Crippen molar-refractivity contribution in [2.45, 2.75) is 24.7 Å². The fourth-order valence-electron chi connectivity index (χ4n) is 5.53. The van der Waals surface area contributed by atoms with Gasteiger partial charge in [0.25, 0.3) is 5.91 Å². The van der Waals surface area contributed by atoms with E-state index >= 15 is 0 Å². The van der Waals surface area contributed by atoms with Gasteiger partial charge in [-0.1, -0.05) is 23.7 Å². The van der Waals surface area contributed by atoms with Crippen molar-refractivity contribution in [3.63, 3.8) is 0 Å². The lowest BCUT2D eigenvalue weighted by Crippen LogP contribution is -2.56. The topological polar surface area (TPSA) is 145 Å². The van der Waals surface area contributed by atoms with Gasteiger partial charge < -0.3 is 30.7 Å². The molecular formula is C22H21ClN4O6. The molecule has 0 aromatic heterocycles. The van der Waals surface area contributed by atoms with E-state index in [4.69, 9.17) is 32.5 Å². The summed E-state index contributed by atoms with van der Waals surface area (Å²) in [6, 6.07) is 5.89. The molecule has 4 N–H and O–H groups in total. The SMILES string of the molecule is CO[C@@]12[C@H](COC(N)=O)C3=C(C(=O)C(C)=C(N)C3=O)N1C[C@H]1[C@@H]2N1C(=O)c1ccccc1Cl. The summed E-state index contributed by atoms with van der Waals surface area (Å²) in [5, 5.41) is 0.311. The van der Waals surface area contributed by atoms with Gasteiger partial charge in [-0.25, -0.2) is 4.79 Å². The van der Waals surface area contributed by atoms with Crippen molar-refractivity contribution in [3.05, 3.63) is 57.4 Å². The van der Waals surface area contributed by atoms with Crippen LogP contribution in [-0.2, 0) is 19.1 Å². The van der Waals surface area contributed by atoms with Gasteiger partial charge in [0.2, 0.25) is 11.6 Å². The number of piperazine rings is 1. The number of Topliss-reactive ketones (excluding diaryl/α,β-unsaturated/α-hetero) is 2. The van der Waals surface area contributed by atoms with E-state index in [1.54, 1.807) is 34.1 Å². The number of primary amides is 1. The maximum atomic E-state index is 13.3. The van der Waals surface area contributed by atoms with Crippen LogP contribution in [0, 0.1) is 5.92 Å². The number of carbonyl (C=O) groups excluding carboxylic acids is 4. The van der Waals surface area contributed by atoms with Crippen LogP contribution in [0.3, 0.4) is 0 Å². The van der Waals surface area contributed by atoms with Gasteiger partial charge in [-0.05, 0) is 19.1 Å². The number of fused-ring (bicyclic) bond motifs is 4. The highest BCUT2D eigenvalue weighted by Crippen LogP contribution is 2.60. The van der Waals surface area contributed by atoms with E-state index in [2.05, 4.69) is 0 Å². The molecule has 0 spiro atoms. The van der Waals surface area contributed by atoms with E-state index in [1.165, 1.54) is 14.0 Å². The first-order chi connectivity index (χ1) is 15.7. The molecule has 5 rings (SSSR count). The van der Waals surface area contributed by atoms with Crippen molar-refractivity contribution in [2.24, 2.45) is 17.4 Å². The zero-order chi connectivity index (χ0) is 23.8. The number of benzene rings is 1. The zero-order valence-corrected chi connectivity index (χ0v) is 18.6. The first-order valence-corrected chi connectivity index (χ1v) is 10.7. The molecule has 0 saturated carbocycles. The van der Waals surface area contributed by atoms with Crippen LogP contribution in [0.15, 0.2) is 46.8 Å². The number of halogens is 1. The second kappa shape index (κ2) is 7.06. The van der Waals surface area contributed by atoms with Crippen molar-refractivity contribution in [2.75, 3.05) is 20.3 Å². The summed E-state index contributed by atoms with van der Waals surface area (Å²) < 4.78 is 11.1. The monoisotopic (exact) mass is 472 g/mol. The van der Waals surface area contributed by atoms with E-state index in [0.717, 1.165) is 0 Å². The maximum Gasteiger partial charge on any atom is 0.404 e. The predicted octanol–water partition coefficient (Wildman–Crippen LogP) is 0.555. The number of ether oxygens (including phenoxy) is 2. The highest BCUT2D eigenvalue weighted by Gasteiger charge is 2.77. The number of nitrogens with two attached hydrogens (primary N) is 2. The highest BCUT2D eigenvalue weighted by atomic mass is 35.5. The standard InChI is InChI=1S/C22H21ClN4O6/c1-9-15(24)18(29)14-11(8-33-21(25)31)22(32-2)19-13(7-26(22)16(14)17(9)28)27(19)20(30)10-5-3-4-6-12(10)23/h3-6,11,13,19H,7-8,24H2,1-2H3,(H2,25,31)/t11-,13+,19+,22-,27?/m1/s1. The maximum absolute atomic E-state index is 13.3. The lowest BCUT2D eigenvalue weighted by Gasteiger charge is -2.41. The van der Waals surface area contributed by atoms with Crippen LogP contribution in [-0.4, -0.2) is 71.4 Å². The highest BCUT2D eigenvalue weighted by molar-refractivity contribution is 6.34. The minimum atomic E-state index is -1.31. The molecule has 4 atom stereocenters. The van der Waals surface area contributed by atoms with Crippen LogP contribution in [0.2, 0.25) is 5.02 Å². The van der Waals surface area contributed by atoms with Crippen molar-refractivity contribution in [3.8, 4) is 0 Å². The van der Waals surface area contributed by atoms with Gasteiger partial charge in [-0.15, -0.1) is 0 Å². The molecule has 2 amide bonds. The number of allylic oxidation sites excluding steroid dienone is 2. The molecule has 2 saturated heterocycles. The largest absolute Gasteiger partial charge is 0.449 e. The Balaban J connectivity index is 1.58. The van der Waals surface area contributed by atoms with Crippen molar-refractivity contribution < 1.29 is 28.7 Å². The summed E-state index contributed by atoms with van der Waals surface area (Å²) in [5.41, 5.74) is 10.4. The minimum Gasteiger partial charge on any atom is -0.449 e. The Hall–Kier alpha value is -3.37. The number of amides is 2. The molecule has 11 heteroatoms. The van der Waals surface area contributed by atoms with Gasteiger partial charge >= 0.3 is 6.09 Å². The summed E-state index contributed by atoms with van der Waals surface area (Å²) in [4.78, 5) is 54.4. The molecule has 0 radical (unpaired) electrons. The van der Waals surface area contributed by atoms with Crippen LogP contribution < -0.4 is 11.5 Å². The van der Waals surface area contributed by atoms with E-state index in [1.807, 2.05) is 0 Å². The summed E-state index contributed by atoms with van der Waals surface area (Å²) in [6.07, 6.45) is -1.04. The Morgan fingerprint density at radius 2 is 1.94 bits per heavy atom. The van der Waals surface area contributed by atoms with Crippen LogP contribution in [0.1, 0.15) is 17.3 Å². The van der Waals surface area contributed by atoms with Crippen molar-refractivity contribution in [1.29, 1.82) is 0 Å². The molecule has 33 heavy (non-hydrogen) atoms. The molecule has 0 bridgehead atoms. The number of methoxy groups -OCH3 is 1. The van der Waals surface area contributed by atoms with E-state index in [-0.39, 0.29) is 47.6 Å². The zero-order valence-electron chi connectivity index (χ0n) is 17.8. The molecule has 172 valence electrons. The molecule has 0 unspecified atom stereocenters. The molecule has 2 fully saturated rings. The third-order valence-corrected chi connectivity index (χ3v) is 7.36. The third kappa shape index (κ3) is 2.64. The molecule has 1 aromatic carbocycles. The predicted molar refractivity (Wildman–Crippen MR) is 115 cm³/mol. The van der Waals surface area contributed by atoms with Gasteiger partial charge in [0.1, 0.15) is 12.6 Å². The number of carbonyl (C=O) groups is 4. The average molecular weight is 473 g/mol. The Labute approximate surface area is 193 Å². The fraction of sp³-hybridized carbons (Fsp3) is 0.364. The summed E-state index contributed by atoms with van der Waals surface area (Å²) in [5.74, 6) is -2.09. The van der Waals surface area contributed by atoms with Gasteiger partial charge in [0, 0.05) is 24.8 Å². The molecule has 10 nitrogen and oxygen atoms in total. The molecule has 3 heterocycles. The first kappa shape index (κ1) is 21.5. The van der Waals surface area contributed by atoms with Crippen LogP contribution >= 0.6 is 11.6 Å². The van der Waals surface area contributed by atoms with Gasteiger partial charge in [-0.3, -0.25) is 14.4 Å². The number of hydrogen-bond acceptors (Lipinski definition) is 8.